The summed E-state index contributed by atoms with van der Waals surface area (Å²) in [6, 6.07) is 7.67. The van der Waals surface area contributed by atoms with Gasteiger partial charge in [-0.25, -0.2) is 8.42 Å². The van der Waals surface area contributed by atoms with Crippen molar-refractivity contribution in [2.75, 3.05) is 45.6 Å². The van der Waals surface area contributed by atoms with E-state index in [2.05, 4.69) is 20.8 Å². The number of rotatable bonds is 5. The lowest BCUT2D eigenvalue weighted by molar-refractivity contribution is 0.0697. The quantitative estimate of drug-likeness (QED) is 0.794. The SMILES string of the molecule is COCCS(=O)(=O)N1CCN(C(=O)c2ccc(C(C)(C)C)cc2)CC1. The predicted molar refractivity (Wildman–Crippen MR) is 98.3 cm³/mol. The van der Waals surface area contributed by atoms with E-state index in [1.807, 2.05) is 24.3 Å². The van der Waals surface area contributed by atoms with Gasteiger partial charge in [0.05, 0.1) is 12.4 Å². The average Bonchev–Trinajstić information content (AvgIpc) is 2.59. The summed E-state index contributed by atoms with van der Waals surface area (Å²) in [6.45, 7) is 8.06. The number of methoxy groups -OCH3 is 1. The molecule has 0 atom stereocenters. The Morgan fingerprint density at radius 2 is 1.64 bits per heavy atom. The predicted octanol–water partition coefficient (Wildman–Crippen LogP) is 1.72. The molecular weight excluding hydrogens is 340 g/mol. The Morgan fingerprint density at radius 1 is 1.08 bits per heavy atom. The topological polar surface area (TPSA) is 66.9 Å². The first-order chi connectivity index (χ1) is 11.6. The number of benzene rings is 1. The van der Waals surface area contributed by atoms with Crippen LogP contribution in [0, 0.1) is 0 Å². The van der Waals surface area contributed by atoms with Crippen LogP contribution in [0.4, 0.5) is 0 Å². The fourth-order valence-electron chi connectivity index (χ4n) is 2.78. The van der Waals surface area contributed by atoms with Gasteiger partial charge < -0.3 is 9.64 Å². The second kappa shape index (κ2) is 7.85. The van der Waals surface area contributed by atoms with Crippen LogP contribution in [0.25, 0.3) is 0 Å². The molecule has 0 radical (unpaired) electrons. The molecule has 1 aromatic carbocycles. The molecule has 1 fully saturated rings. The lowest BCUT2D eigenvalue weighted by Gasteiger charge is -2.34. The number of sulfonamides is 1. The van der Waals surface area contributed by atoms with E-state index < -0.39 is 10.0 Å². The molecule has 1 heterocycles. The number of carbonyl (C=O) groups excluding carboxylic acids is 1. The van der Waals surface area contributed by atoms with Crippen LogP contribution in [0.5, 0.6) is 0 Å². The van der Waals surface area contributed by atoms with Crippen molar-refractivity contribution < 1.29 is 17.9 Å². The molecule has 7 heteroatoms. The standard InChI is InChI=1S/C18H28N2O4S/c1-18(2,3)16-7-5-15(6-8-16)17(21)19-9-11-20(12-10-19)25(22,23)14-13-24-4/h5-8H,9-14H2,1-4H3. The lowest BCUT2D eigenvalue weighted by atomic mass is 9.86. The number of ether oxygens (including phenoxy) is 1. The maximum Gasteiger partial charge on any atom is 0.253 e. The molecule has 1 saturated heterocycles. The zero-order chi connectivity index (χ0) is 18.7. The molecule has 6 nitrogen and oxygen atoms in total. The molecule has 1 aliphatic rings. The van der Waals surface area contributed by atoms with E-state index in [-0.39, 0.29) is 23.7 Å². The third-order valence-electron chi connectivity index (χ3n) is 4.46. The van der Waals surface area contributed by atoms with Crippen LogP contribution < -0.4 is 0 Å². The van der Waals surface area contributed by atoms with Gasteiger partial charge in [-0.15, -0.1) is 0 Å². The van der Waals surface area contributed by atoms with Gasteiger partial charge in [-0.2, -0.15) is 4.31 Å². The van der Waals surface area contributed by atoms with Gasteiger partial charge in [0, 0.05) is 38.9 Å². The maximum atomic E-state index is 12.6. The number of hydrogen-bond donors (Lipinski definition) is 0. The third kappa shape index (κ3) is 5.03. The molecule has 1 aromatic rings. The highest BCUT2D eigenvalue weighted by molar-refractivity contribution is 7.89. The normalized spacial score (nSPS) is 16.9. The van der Waals surface area contributed by atoms with Crippen LogP contribution in [0.2, 0.25) is 0 Å². The number of nitrogens with zero attached hydrogens (tertiary/aromatic N) is 2. The lowest BCUT2D eigenvalue weighted by Crippen LogP contribution is -2.51. The van der Waals surface area contributed by atoms with Crippen molar-refractivity contribution in [2.45, 2.75) is 26.2 Å². The number of hydrogen-bond acceptors (Lipinski definition) is 4. The summed E-state index contributed by atoms with van der Waals surface area (Å²) < 4.78 is 30.6. The molecule has 0 aliphatic carbocycles. The first-order valence-electron chi connectivity index (χ1n) is 8.52. The highest BCUT2D eigenvalue weighted by Crippen LogP contribution is 2.22. The van der Waals surface area contributed by atoms with Gasteiger partial charge in [0.1, 0.15) is 0 Å². The minimum absolute atomic E-state index is 0.0221. The van der Waals surface area contributed by atoms with Crippen LogP contribution in [0.1, 0.15) is 36.7 Å². The molecule has 0 unspecified atom stereocenters. The number of piperazine rings is 1. The molecule has 1 aliphatic heterocycles. The number of carbonyl (C=O) groups is 1. The molecule has 0 aromatic heterocycles. The second-order valence-corrected chi connectivity index (χ2v) is 9.42. The summed E-state index contributed by atoms with van der Waals surface area (Å²) in [7, 11) is -1.83. The van der Waals surface area contributed by atoms with Gasteiger partial charge in [0.25, 0.3) is 5.91 Å². The first kappa shape index (κ1) is 19.9. The Kier molecular flexibility index (Phi) is 6.24. The third-order valence-corrected chi connectivity index (χ3v) is 6.30. The van der Waals surface area contributed by atoms with Gasteiger partial charge in [-0.3, -0.25) is 4.79 Å². The maximum absolute atomic E-state index is 12.6. The van der Waals surface area contributed by atoms with Crippen molar-refractivity contribution in [1.82, 2.24) is 9.21 Å². The molecule has 140 valence electrons. The summed E-state index contributed by atoms with van der Waals surface area (Å²) in [5, 5.41) is 0. The Hall–Kier alpha value is -1.44. The van der Waals surface area contributed by atoms with E-state index in [0.29, 0.717) is 31.7 Å². The molecule has 0 N–H and O–H groups in total. The van der Waals surface area contributed by atoms with Gasteiger partial charge in [0.15, 0.2) is 0 Å². The average molecular weight is 368 g/mol. The highest BCUT2D eigenvalue weighted by Gasteiger charge is 2.29. The smallest absolute Gasteiger partial charge is 0.253 e. The summed E-state index contributed by atoms with van der Waals surface area (Å²) in [4.78, 5) is 14.3. The zero-order valence-electron chi connectivity index (χ0n) is 15.5. The highest BCUT2D eigenvalue weighted by atomic mass is 32.2. The second-order valence-electron chi connectivity index (χ2n) is 7.33. The van der Waals surface area contributed by atoms with Crippen molar-refractivity contribution in [3.8, 4) is 0 Å². The van der Waals surface area contributed by atoms with E-state index >= 15 is 0 Å². The molecule has 1 amide bonds. The zero-order valence-corrected chi connectivity index (χ0v) is 16.3. The van der Waals surface area contributed by atoms with E-state index in [4.69, 9.17) is 4.74 Å². The van der Waals surface area contributed by atoms with Crippen molar-refractivity contribution >= 4 is 15.9 Å². The Labute approximate surface area is 150 Å². The van der Waals surface area contributed by atoms with E-state index in [1.54, 1.807) is 4.90 Å². The van der Waals surface area contributed by atoms with Crippen LogP contribution in [0.3, 0.4) is 0 Å². The molecule has 0 spiro atoms. The molecule has 2 rings (SSSR count). The summed E-state index contributed by atoms with van der Waals surface area (Å²) in [5.74, 6) is -0.0690. The Balaban J connectivity index is 1.97. The Bertz CT molecular complexity index is 685. The molecule has 25 heavy (non-hydrogen) atoms. The van der Waals surface area contributed by atoms with E-state index in [0.717, 1.165) is 0 Å². The minimum atomic E-state index is -3.31. The Morgan fingerprint density at radius 3 is 2.12 bits per heavy atom. The van der Waals surface area contributed by atoms with Crippen LogP contribution in [0.15, 0.2) is 24.3 Å². The van der Waals surface area contributed by atoms with Crippen LogP contribution in [-0.2, 0) is 20.2 Å². The van der Waals surface area contributed by atoms with E-state index in [1.165, 1.54) is 17.0 Å². The van der Waals surface area contributed by atoms with Crippen LogP contribution in [-0.4, -0.2) is 69.2 Å². The van der Waals surface area contributed by atoms with Gasteiger partial charge in [-0.05, 0) is 23.1 Å². The van der Waals surface area contributed by atoms with Crippen molar-refractivity contribution in [3.05, 3.63) is 35.4 Å². The van der Waals surface area contributed by atoms with Crippen LogP contribution >= 0.6 is 0 Å². The first-order valence-corrected chi connectivity index (χ1v) is 10.1. The van der Waals surface area contributed by atoms with Gasteiger partial charge in [-0.1, -0.05) is 32.9 Å². The molecule has 0 saturated carbocycles. The van der Waals surface area contributed by atoms with E-state index in [9.17, 15) is 13.2 Å². The number of amides is 1. The van der Waals surface area contributed by atoms with Crippen molar-refractivity contribution in [1.29, 1.82) is 0 Å². The van der Waals surface area contributed by atoms with Crippen molar-refractivity contribution in [3.63, 3.8) is 0 Å². The monoisotopic (exact) mass is 368 g/mol. The van der Waals surface area contributed by atoms with Gasteiger partial charge in [0.2, 0.25) is 10.0 Å². The molecular formula is C18H28N2O4S. The van der Waals surface area contributed by atoms with Crippen molar-refractivity contribution in [2.24, 2.45) is 0 Å². The summed E-state index contributed by atoms with van der Waals surface area (Å²) in [6.07, 6.45) is 0. The largest absolute Gasteiger partial charge is 0.384 e. The fraction of sp³-hybridized carbons (Fsp3) is 0.611. The molecule has 0 bridgehead atoms. The summed E-state index contributed by atoms with van der Waals surface area (Å²) >= 11 is 0. The minimum Gasteiger partial charge on any atom is -0.384 e. The van der Waals surface area contributed by atoms with Gasteiger partial charge >= 0.3 is 0 Å². The summed E-state index contributed by atoms with van der Waals surface area (Å²) in [5.41, 5.74) is 1.87. The fourth-order valence-corrected chi connectivity index (χ4v) is 4.14.